The van der Waals surface area contributed by atoms with Crippen LogP contribution in [0.2, 0.25) is 0 Å². The first-order chi connectivity index (χ1) is 5.93. The van der Waals surface area contributed by atoms with E-state index in [1.54, 1.807) is 0 Å². The van der Waals surface area contributed by atoms with E-state index < -0.39 is 0 Å². The summed E-state index contributed by atoms with van der Waals surface area (Å²) in [6.07, 6.45) is 4.18. The Bertz CT molecular complexity index is 275. The number of ether oxygens (including phenoxy) is 3. The highest BCUT2D eigenvalue weighted by molar-refractivity contribution is 5.22. The summed E-state index contributed by atoms with van der Waals surface area (Å²) >= 11 is 0. The maximum Gasteiger partial charge on any atom is 0.113 e. The van der Waals surface area contributed by atoms with Gasteiger partial charge in [0.15, 0.2) is 0 Å². The first-order valence-electron chi connectivity index (χ1n) is 4.90. The van der Waals surface area contributed by atoms with Crippen molar-refractivity contribution in [3.05, 3.63) is 0 Å². The molecule has 2 bridgehead atoms. The lowest BCUT2D eigenvalue weighted by atomic mass is 9.81. The van der Waals surface area contributed by atoms with Crippen molar-refractivity contribution in [2.45, 2.75) is 43.0 Å². The van der Waals surface area contributed by atoms with Gasteiger partial charge in [0.1, 0.15) is 12.2 Å². The van der Waals surface area contributed by atoms with Gasteiger partial charge in [-0.05, 0) is 12.3 Å². The number of rotatable bonds is 0. The van der Waals surface area contributed by atoms with E-state index in [4.69, 9.17) is 14.2 Å². The van der Waals surface area contributed by atoms with E-state index in [0.29, 0.717) is 42.5 Å². The van der Waals surface area contributed by atoms with Crippen LogP contribution < -0.4 is 0 Å². The fourth-order valence-corrected chi connectivity index (χ4v) is 3.79. The van der Waals surface area contributed by atoms with Crippen molar-refractivity contribution in [2.75, 3.05) is 0 Å². The molecule has 0 N–H and O–H groups in total. The summed E-state index contributed by atoms with van der Waals surface area (Å²) in [5.41, 5.74) is 0. The van der Waals surface area contributed by atoms with Gasteiger partial charge in [-0.1, -0.05) is 0 Å². The van der Waals surface area contributed by atoms with Crippen molar-refractivity contribution in [1.29, 1.82) is 0 Å². The number of epoxide rings is 2. The summed E-state index contributed by atoms with van der Waals surface area (Å²) < 4.78 is 17.0. The summed E-state index contributed by atoms with van der Waals surface area (Å²) in [7, 11) is 0. The third-order valence-electron chi connectivity index (χ3n) is 4.32. The van der Waals surface area contributed by atoms with E-state index in [-0.39, 0.29) is 0 Å². The summed E-state index contributed by atoms with van der Waals surface area (Å²) in [6.45, 7) is 0. The second-order valence-corrected chi connectivity index (χ2v) is 4.75. The van der Waals surface area contributed by atoms with E-state index in [9.17, 15) is 0 Å². The predicted molar refractivity (Wildman–Crippen MR) is 37.6 cm³/mol. The Kier molecular flexibility index (Phi) is 0.635. The summed E-state index contributed by atoms with van der Waals surface area (Å²) in [5.74, 6) is 1.48. The van der Waals surface area contributed by atoms with Crippen molar-refractivity contribution in [1.82, 2.24) is 0 Å². The molecule has 0 aromatic heterocycles. The highest BCUT2D eigenvalue weighted by Crippen LogP contribution is 2.63. The molecular weight excluding hydrogens is 156 g/mol. The van der Waals surface area contributed by atoms with Crippen LogP contribution in [0.1, 0.15) is 6.42 Å². The molecule has 3 heteroatoms. The molecule has 0 radical (unpaired) electrons. The minimum absolute atomic E-state index is 0.405. The van der Waals surface area contributed by atoms with Gasteiger partial charge in [0.05, 0.1) is 24.4 Å². The Hall–Kier alpha value is -0.120. The Morgan fingerprint density at radius 2 is 1.58 bits per heavy atom. The third kappa shape index (κ3) is 0.405. The van der Waals surface area contributed by atoms with Crippen LogP contribution in [0.5, 0.6) is 0 Å². The van der Waals surface area contributed by atoms with Crippen molar-refractivity contribution in [2.24, 2.45) is 11.8 Å². The molecular formula is C9H10O3. The molecule has 5 aliphatic rings. The zero-order valence-electron chi connectivity index (χ0n) is 6.55. The maximum absolute atomic E-state index is 5.89. The van der Waals surface area contributed by atoms with Crippen LogP contribution in [-0.2, 0) is 14.2 Å². The fraction of sp³-hybridized carbons (Fsp3) is 1.00. The van der Waals surface area contributed by atoms with Gasteiger partial charge in [0.2, 0.25) is 0 Å². The van der Waals surface area contributed by atoms with E-state index >= 15 is 0 Å². The minimum Gasteiger partial charge on any atom is -0.369 e. The Labute approximate surface area is 70.0 Å². The molecule has 8 unspecified atom stereocenters. The van der Waals surface area contributed by atoms with Crippen molar-refractivity contribution in [3.63, 3.8) is 0 Å². The van der Waals surface area contributed by atoms with Gasteiger partial charge in [-0.25, -0.2) is 0 Å². The van der Waals surface area contributed by atoms with E-state index in [1.807, 2.05) is 0 Å². The standard InChI is InChI=1S/C9H10O3/c1-2-4(6-3(1)10-6)7-9-8(12-9)5(2)11-7/h2-9H,1H2. The molecule has 5 fully saturated rings. The van der Waals surface area contributed by atoms with E-state index in [2.05, 4.69) is 0 Å². The monoisotopic (exact) mass is 166 g/mol. The molecule has 0 aromatic rings. The second-order valence-electron chi connectivity index (χ2n) is 4.75. The Balaban J connectivity index is 1.66. The van der Waals surface area contributed by atoms with Gasteiger partial charge in [0.25, 0.3) is 0 Å². The normalized spacial score (nSPS) is 80.0. The molecule has 0 aromatic carbocycles. The quantitative estimate of drug-likeness (QED) is 0.473. The molecule has 0 spiro atoms. The van der Waals surface area contributed by atoms with Crippen molar-refractivity contribution in [3.8, 4) is 0 Å². The Morgan fingerprint density at radius 1 is 0.750 bits per heavy atom. The zero-order valence-corrected chi connectivity index (χ0v) is 6.55. The molecule has 5 rings (SSSR count). The number of fused-ring (bicyclic) bond motifs is 10. The van der Waals surface area contributed by atoms with Crippen LogP contribution in [0.25, 0.3) is 0 Å². The predicted octanol–water partition coefficient (Wildman–Crippen LogP) is -0.0617. The van der Waals surface area contributed by atoms with Gasteiger partial charge < -0.3 is 14.2 Å². The van der Waals surface area contributed by atoms with E-state index in [0.717, 1.165) is 5.92 Å². The van der Waals surface area contributed by atoms with Crippen LogP contribution in [0.15, 0.2) is 0 Å². The molecule has 1 saturated carbocycles. The third-order valence-corrected chi connectivity index (χ3v) is 4.32. The average molecular weight is 166 g/mol. The van der Waals surface area contributed by atoms with Crippen LogP contribution in [0.4, 0.5) is 0 Å². The highest BCUT2D eigenvalue weighted by atomic mass is 16.7. The summed E-state index contributed by atoms with van der Waals surface area (Å²) in [4.78, 5) is 0. The number of hydrogen-bond acceptors (Lipinski definition) is 3. The fourth-order valence-electron chi connectivity index (χ4n) is 3.79. The average Bonchev–Trinajstić information content (AvgIpc) is 2.92. The van der Waals surface area contributed by atoms with Gasteiger partial charge in [-0.3, -0.25) is 0 Å². The molecule has 12 heavy (non-hydrogen) atoms. The molecule has 4 heterocycles. The molecule has 64 valence electrons. The molecule has 8 atom stereocenters. The van der Waals surface area contributed by atoms with Gasteiger partial charge in [-0.2, -0.15) is 0 Å². The maximum atomic E-state index is 5.89. The SMILES string of the molecule is C1C2OC2C2C1C1OC2C2OC12. The van der Waals surface area contributed by atoms with Crippen LogP contribution in [0.3, 0.4) is 0 Å². The topological polar surface area (TPSA) is 34.3 Å². The largest absolute Gasteiger partial charge is 0.369 e. The lowest BCUT2D eigenvalue weighted by Gasteiger charge is -2.19. The highest BCUT2D eigenvalue weighted by Gasteiger charge is 2.76. The van der Waals surface area contributed by atoms with Crippen molar-refractivity contribution >= 4 is 0 Å². The Morgan fingerprint density at radius 3 is 2.58 bits per heavy atom. The van der Waals surface area contributed by atoms with Crippen LogP contribution >= 0.6 is 0 Å². The lowest BCUT2D eigenvalue weighted by molar-refractivity contribution is 0.00391. The van der Waals surface area contributed by atoms with Gasteiger partial charge in [0, 0.05) is 5.92 Å². The van der Waals surface area contributed by atoms with Crippen LogP contribution in [-0.4, -0.2) is 36.6 Å². The van der Waals surface area contributed by atoms with Crippen LogP contribution in [0, 0.1) is 11.8 Å². The second kappa shape index (κ2) is 1.37. The summed E-state index contributed by atoms with van der Waals surface area (Å²) in [5, 5.41) is 0. The lowest BCUT2D eigenvalue weighted by Crippen LogP contribution is -2.32. The first kappa shape index (κ1) is 5.58. The minimum atomic E-state index is 0.405. The molecule has 4 aliphatic heterocycles. The van der Waals surface area contributed by atoms with Crippen molar-refractivity contribution < 1.29 is 14.2 Å². The number of hydrogen-bond donors (Lipinski definition) is 0. The van der Waals surface area contributed by atoms with E-state index in [1.165, 1.54) is 6.42 Å². The molecule has 3 nitrogen and oxygen atoms in total. The first-order valence-corrected chi connectivity index (χ1v) is 4.90. The summed E-state index contributed by atoms with van der Waals surface area (Å²) in [6, 6.07) is 0. The molecule has 0 amide bonds. The molecule has 1 aliphatic carbocycles. The van der Waals surface area contributed by atoms with Gasteiger partial charge in [-0.15, -0.1) is 0 Å². The molecule has 4 saturated heterocycles. The van der Waals surface area contributed by atoms with Gasteiger partial charge >= 0.3 is 0 Å². The smallest absolute Gasteiger partial charge is 0.113 e. The zero-order chi connectivity index (χ0) is 7.45.